The van der Waals surface area contributed by atoms with Gasteiger partial charge in [0, 0.05) is 19.1 Å². The minimum Gasteiger partial charge on any atom is -0.300 e. The standard InChI is InChI=1S/C11H23N/c1-9(2)7-12-8-10(3)5-6-11(12)4/h9-11H,5-8H2,1-4H3/t10-,11+/m0/s1. The Labute approximate surface area is 77.1 Å². The summed E-state index contributed by atoms with van der Waals surface area (Å²) in [6, 6.07) is 0.823. The van der Waals surface area contributed by atoms with Crippen LogP contribution >= 0.6 is 0 Å². The molecule has 1 saturated heterocycles. The van der Waals surface area contributed by atoms with Crippen LogP contribution in [0.2, 0.25) is 0 Å². The van der Waals surface area contributed by atoms with E-state index in [0.29, 0.717) is 0 Å². The molecule has 0 aliphatic carbocycles. The minimum atomic E-state index is 0.817. The van der Waals surface area contributed by atoms with Gasteiger partial charge in [0.2, 0.25) is 0 Å². The van der Waals surface area contributed by atoms with Crippen LogP contribution in [-0.4, -0.2) is 24.0 Å². The summed E-state index contributed by atoms with van der Waals surface area (Å²) in [6.07, 6.45) is 2.82. The lowest BCUT2D eigenvalue weighted by Crippen LogP contribution is -2.42. The third kappa shape index (κ3) is 2.78. The smallest absolute Gasteiger partial charge is 0.00672 e. The van der Waals surface area contributed by atoms with Crippen molar-refractivity contribution in [1.82, 2.24) is 4.90 Å². The van der Waals surface area contributed by atoms with E-state index in [-0.39, 0.29) is 0 Å². The van der Waals surface area contributed by atoms with Crippen molar-refractivity contribution in [3.8, 4) is 0 Å². The van der Waals surface area contributed by atoms with Crippen molar-refractivity contribution < 1.29 is 0 Å². The second kappa shape index (κ2) is 4.27. The molecule has 0 aromatic heterocycles. The maximum absolute atomic E-state index is 2.65. The molecule has 0 aromatic rings. The zero-order chi connectivity index (χ0) is 9.14. The summed E-state index contributed by atoms with van der Waals surface area (Å²) in [7, 11) is 0. The molecule has 1 aliphatic heterocycles. The fourth-order valence-electron chi connectivity index (χ4n) is 2.10. The maximum Gasteiger partial charge on any atom is 0.00672 e. The average Bonchev–Trinajstić information content (AvgIpc) is 1.96. The summed E-state index contributed by atoms with van der Waals surface area (Å²) < 4.78 is 0. The van der Waals surface area contributed by atoms with E-state index in [9.17, 15) is 0 Å². The molecule has 0 aromatic carbocycles. The van der Waals surface area contributed by atoms with Gasteiger partial charge < -0.3 is 4.90 Å². The Hall–Kier alpha value is -0.0400. The minimum absolute atomic E-state index is 0.817. The summed E-state index contributed by atoms with van der Waals surface area (Å²) in [5, 5.41) is 0. The molecule has 12 heavy (non-hydrogen) atoms. The maximum atomic E-state index is 2.65. The van der Waals surface area contributed by atoms with Crippen molar-refractivity contribution in [3.63, 3.8) is 0 Å². The zero-order valence-corrected chi connectivity index (χ0v) is 9.01. The van der Waals surface area contributed by atoms with Crippen LogP contribution < -0.4 is 0 Å². The first kappa shape index (κ1) is 10.0. The number of likely N-dealkylation sites (tertiary alicyclic amines) is 1. The van der Waals surface area contributed by atoms with Crippen molar-refractivity contribution >= 4 is 0 Å². The molecule has 1 nitrogen and oxygen atoms in total. The van der Waals surface area contributed by atoms with Crippen LogP contribution in [0.3, 0.4) is 0 Å². The Morgan fingerprint density at radius 3 is 2.50 bits per heavy atom. The molecule has 0 spiro atoms. The van der Waals surface area contributed by atoms with Crippen LogP contribution in [0.1, 0.15) is 40.5 Å². The molecule has 1 rings (SSSR count). The number of hydrogen-bond acceptors (Lipinski definition) is 1. The van der Waals surface area contributed by atoms with Gasteiger partial charge in [-0.05, 0) is 31.6 Å². The first-order chi connectivity index (χ1) is 5.59. The lowest BCUT2D eigenvalue weighted by molar-refractivity contribution is 0.111. The van der Waals surface area contributed by atoms with Gasteiger partial charge in [0.25, 0.3) is 0 Å². The van der Waals surface area contributed by atoms with E-state index < -0.39 is 0 Å². The van der Waals surface area contributed by atoms with Gasteiger partial charge >= 0.3 is 0 Å². The van der Waals surface area contributed by atoms with Crippen LogP contribution in [0.25, 0.3) is 0 Å². The highest BCUT2D eigenvalue weighted by atomic mass is 15.2. The highest BCUT2D eigenvalue weighted by Gasteiger charge is 2.22. The Kier molecular flexibility index (Phi) is 3.57. The quantitative estimate of drug-likeness (QED) is 0.614. The van der Waals surface area contributed by atoms with Crippen molar-refractivity contribution in [2.75, 3.05) is 13.1 Å². The van der Waals surface area contributed by atoms with Gasteiger partial charge in [-0.2, -0.15) is 0 Å². The molecule has 0 amide bonds. The molecule has 72 valence electrons. The van der Waals surface area contributed by atoms with E-state index in [0.717, 1.165) is 17.9 Å². The van der Waals surface area contributed by atoms with Gasteiger partial charge in [0.1, 0.15) is 0 Å². The van der Waals surface area contributed by atoms with Gasteiger partial charge in [-0.15, -0.1) is 0 Å². The molecule has 0 N–H and O–H groups in total. The van der Waals surface area contributed by atoms with Crippen molar-refractivity contribution in [1.29, 1.82) is 0 Å². The lowest BCUT2D eigenvalue weighted by atomic mass is 9.94. The molecular formula is C11H23N. The monoisotopic (exact) mass is 169 g/mol. The Morgan fingerprint density at radius 1 is 1.25 bits per heavy atom. The molecule has 0 saturated carbocycles. The molecule has 0 unspecified atom stereocenters. The largest absolute Gasteiger partial charge is 0.300 e. The summed E-state index contributed by atoms with van der Waals surface area (Å²) in [4.78, 5) is 2.65. The fraction of sp³-hybridized carbons (Fsp3) is 1.00. The van der Waals surface area contributed by atoms with E-state index >= 15 is 0 Å². The van der Waals surface area contributed by atoms with Crippen LogP contribution in [0.4, 0.5) is 0 Å². The van der Waals surface area contributed by atoms with E-state index in [4.69, 9.17) is 0 Å². The van der Waals surface area contributed by atoms with Crippen LogP contribution in [0, 0.1) is 11.8 Å². The van der Waals surface area contributed by atoms with E-state index in [1.165, 1.54) is 25.9 Å². The second-order valence-corrected chi connectivity index (χ2v) is 4.88. The molecule has 1 heterocycles. The second-order valence-electron chi connectivity index (χ2n) is 4.88. The first-order valence-corrected chi connectivity index (χ1v) is 5.33. The van der Waals surface area contributed by atoms with Crippen molar-refractivity contribution in [2.45, 2.75) is 46.6 Å². The zero-order valence-electron chi connectivity index (χ0n) is 9.01. The Morgan fingerprint density at radius 2 is 1.92 bits per heavy atom. The highest BCUT2D eigenvalue weighted by Crippen LogP contribution is 2.21. The fourth-order valence-corrected chi connectivity index (χ4v) is 2.10. The van der Waals surface area contributed by atoms with Gasteiger partial charge in [0.05, 0.1) is 0 Å². The highest BCUT2D eigenvalue weighted by molar-refractivity contribution is 4.77. The third-order valence-corrected chi connectivity index (χ3v) is 2.85. The summed E-state index contributed by atoms with van der Waals surface area (Å²) >= 11 is 0. The van der Waals surface area contributed by atoms with Crippen molar-refractivity contribution in [3.05, 3.63) is 0 Å². The van der Waals surface area contributed by atoms with Crippen LogP contribution in [0.15, 0.2) is 0 Å². The molecular weight excluding hydrogens is 146 g/mol. The van der Waals surface area contributed by atoms with Gasteiger partial charge in [0.15, 0.2) is 0 Å². The van der Waals surface area contributed by atoms with Gasteiger partial charge in [-0.25, -0.2) is 0 Å². The lowest BCUT2D eigenvalue weighted by Gasteiger charge is -2.37. The SMILES string of the molecule is CC(C)CN1C[C@@H](C)CC[C@H]1C. The van der Waals surface area contributed by atoms with E-state index in [1.54, 1.807) is 0 Å². The molecule has 2 atom stereocenters. The molecule has 1 fully saturated rings. The van der Waals surface area contributed by atoms with Crippen LogP contribution in [-0.2, 0) is 0 Å². The molecule has 0 bridgehead atoms. The predicted molar refractivity (Wildman–Crippen MR) is 54.3 cm³/mol. The molecule has 0 radical (unpaired) electrons. The van der Waals surface area contributed by atoms with Gasteiger partial charge in [-0.1, -0.05) is 20.8 Å². The topological polar surface area (TPSA) is 3.24 Å². The van der Waals surface area contributed by atoms with Crippen molar-refractivity contribution in [2.24, 2.45) is 11.8 Å². The number of rotatable bonds is 2. The molecule has 1 aliphatic rings. The average molecular weight is 169 g/mol. The predicted octanol–water partition coefficient (Wildman–Crippen LogP) is 2.76. The molecule has 1 heteroatoms. The summed E-state index contributed by atoms with van der Waals surface area (Å²) in [5.41, 5.74) is 0. The third-order valence-electron chi connectivity index (χ3n) is 2.85. The number of piperidine rings is 1. The van der Waals surface area contributed by atoms with E-state index in [1.807, 2.05) is 0 Å². The number of hydrogen-bond donors (Lipinski definition) is 0. The Balaban J connectivity index is 2.38. The van der Waals surface area contributed by atoms with Gasteiger partial charge in [-0.3, -0.25) is 0 Å². The first-order valence-electron chi connectivity index (χ1n) is 5.33. The normalized spacial score (nSPS) is 32.8. The Bertz CT molecular complexity index is 129. The van der Waals surface area contributed by atoms with E-state index in [2.05, 4.69) is 32.6 Å². The number of nitrogens with zero attached hydrogens (tertiary/aromatic N) is 1. The summed E-state index contributed by atoms with van der Waals surface area (Å²) in [5.74, 6) is 1.73. The van der Waals surface area contributed by atoms with Crippen LogP contribution in [0.5, 0.6) is 0 Å². The summed E-state index contributed by atoms with van der Waals surface area (Å²) in [6.45, 7) is 12.0.